The molecule has 0 radical (unpaired) electrons. The third-order valence-electron chi connectivity index (χ3n) is 5.14. The lowest BCUT2D eigenvalue weighted by Gasteiger charge is -2.16. The summed E-state index contributed by atoms with van der Waals surface area (Å²) in [6.45, 7) is 4.61. The molecule has 0 aliphatic carbocycles. The maximum Gasteiger partial charge on any atom is 0.251 e. The predicted molar refractivity (Wildman–Crippen MR) is 120 cm³/mol. The van der Waals surface area contributed by atoms with Crippen LogP contribution in [0.25, 0.3) is 22.2 Å². The number of carbonyl (C=O) groups is 1. The molecule has 1 amide bonds. The fraction of sp³-hybridized carbons (Fsp3) is 0.217. The Morgan fingerprint density at radius 2 is 1.87 bits per heavy atom. The summed E-state index contributed by atoms with van der Waals surface area (Å²) in [6, 6.07) is 9.56. The predicted octanol–water partition coefficient (Wildman–Crippen LogP) is 3.37. The van der Waals surface area contributed by atoms with E-state index in [9.17, 15) is 4.79 Å². The largest absolute Gasteiger partial charge is 0.369 e. The van der Waals surface area contributed by atoms with Gasteiger partial charge in [0.2, 0.25) is 0 Å². The van der Waals surface area contributed by atoms with Crippen LogP contribution in [0.2, 0.25) is 0 Å². The lowest BCUT2D eigenvalue weighted by molar-refractivity contribution is 0.0964. The first kappa shape index (κ1) is 20.3. The highest BCUT2D eigenvalue weighted by molar-refractivity contribution is 6.06. The molecule has 2 N–H and O–H groups in total. The van der Waals surface area contributed by atoms with Crippen molar-refractivity contribution in [2.45, 2.75) is 19.8 Å². The van der Waals surface area contributed by atoms with Gasteiger partial charge in [-0.3, -0.25) is 9.78 Å². The van der Waals surface area contributed by atoms with Crippen molar-refractivity contribution in [1.82, 2.24) is 30.2 Å². The number of para-hydroxylation sites is 1. The van der Waals surface area contributed by atoms with Gasteiger partial charge in [-0.15, -0.1) is 0 Å². The highest BCUT2D eigenvalue weighted by Crippen LogP contribution is 2.27. The van der Waals surface area contributed by atoms with E-state index >= 15 is 0 Å². The summed E-state index contributed by atoms with van der Waals surface area (Å²) in [5, 5.41) is 6.91. The SMILES string of the molecule is CNC(=O)c1ccnc2c([C@H](C)CNc3cc(-c4cnc(C)nc4)ncn3)cccc12. The molecule has 0 aliphatic rings. The van der Waals surface area contributed by atoms with E-state index in [0.717, 1.165) is 33.5 Å². The summed E-state index contributed by atoms with van der Waals surface area (Å²) in [5.41, 5.74) is 4.11. The second-order valence-corrected chi connectivity index (χ2v) is 7.27. The number of anilines is 1. The molecule has 3 aromatic heterocycles. The molecule has 1 atom stereocenters. The first-order valence-corrected chi connectivity index (χ1v) is 10.0. The van der Waals surface area contributed by atoms with Crippen LogP contribution >= 0.6 is 0 Å². The van der Waals surface area contributed by atoms with Gasteiger partial charge in [0.05, 0.1) is 16.8 Å². The summed E-state index contributed by atoms with van der Waals surface area (Å²) in [4.78, 5) is 33.9. The van der Waals surface area contributed by atoms with E-state index in [1.165, 1.54) is 6.33 Å². The zero-order valence-electron chi connectivity index (χ0n) is 17.6. The summed E-state index contributed by atoms with van der Waals surface area (Å²) in [5.74, 6) is 1.45. The summed E-state index contributed by atoms with van der Waals surface area (Å²) < 4.78 is 0. The number of nitrogens with one attached hydrogen (secondary N) is 2. The van der Waals surface area contributed by atoms with Gasteiger partial charge in [-0.25, -0.2) is 19.9 Å². The Morgan fingerprint density at radius 1 is 1.06 bits per heavy atom. The Kier molecular flexibility index (Phi) is 5.79. The Balaban J connectivity index is 1.55. The molecule has 8 nitrogen and oxygen atoms in total. The molecule has 0 spiro atoms. The van der Waals surface area contributed by atoms with Gasteiger partial charge in [-0.1, -0.05) is 25.1 Å². The molecule has 156 valence electrons. The van der Waals surface area contributed by atoms with Crippen molar-refractivity contribution in [2.75, 3.05) is 18.9 Å². The quantitative estimate of drug-likeness (QED) is 0.499. The van der Waals surface area contributed by atoms with Crippen LogP contribution in [0.3, 0.4) is 0 Å². The normalized spacial score (nSPS) is 11.8. The molecule has 4 aromatic rings. The van der Waals surface area contributed by atoms with E-state index < -0.39 is 0 Å². The van der Waals surface area contributed by atoms with Crippen LogP contribution in [0.1, 0.15) is 34.6 Å². The van der Waals surface area contributed by atoms with Gasteiger partial charge < -0.3 is 10.6 Å². The van der Waals surface area contributed by atoms with Gasteiger partial charge in [0, 0.05) is 55.1 Å². The van der Waals surface area contributed by atoms with E-state index in [2.05, 4.69) is 42.5 Å². The van der Waals surface area contributed by atoms with E-state index in [0.29, 0.717) is 17.9 Å². The molecule has 4 rings (SSSR count). The molecular formula is C23H23N7O. The fourth-order valence-electron chi connectivity index (χ4n) is 3.43. The van der Waals surface area contributed by atoms with Crippen molar-refractivity contribution in [3.8, 4) is 11.3 Å². The molecule has 0 aliphatic heterocycles. The molecule has 1 aromatic carbocycles. The van der Waals surface area contributed by atoms with Crippen LogP contribution in [0.5, 0.6) is 0 Å². The Bertz CT molecular complexity index is 1220. The van der Waals surface area contributed by atoms with Crippen LogP contribution in [-0.4, -0.2) is 44.4 Å². The fourth-order valence-corrected chi connectivity index (χ4v) is 3.43. The number of hydrogen-bond donors (Lipinski definition) is 2. The highest BCUT2D eigenvalue weighted by Gasteiger charge is 2.15. The second kappa shape index (κ2) is 8.83. The van der Waals surface area contributed by atoms with Gasteiger partial charge >= 0.3 is 0 Å². The van der Waals surface area contributed by atoms with Crippen molar-refractivity contribution >= 4 is 22.6 Å². The molecule has 3 heterocycles. The number of fused-ring (bicyclic) bond motifs is 1. The van der Waals surface area contributed by atoms with Crippen LogP contribution in [0, 0.1) is 6.92 Å². The summed E-state index contributed by atoms with van der Waals surface area (Å²) in [7, 11) is 1.63. The minimum atomic E-state index is -0.121. The first-order valence-electron chi connectivity index (χ1n) is 10.0. The number of nitrogens with zero attached hydrogens (tertiary/aromatic N) is 5. The maximum absolute atomic E-state index is 12.2. The Morgan fingerprint density at radius 3 is 2.65 bits per heavy atom. The maximum atomic E-state index is 12.2. The van der Waals surface area contributed by atoms with Gasteiger partial charge in [0.1, 0.15) is 18.0 Å². The molecule has 0 unspecified atom stereocenters. The number of pyridine rings is 1. The monoisotopic (exact) mass is 413 g/mol. The van der Waals surface area contributed by atoms with E-state index in [1.54, 1.807) is 31.7 Å². The van der Waals surface area contributed by atoms with Crippen LogP contribution in [0.15, 0.2) is 55.2 Å². The van der Waals surface area contributed by atoms with Crippen molar-refractivity contribution in [2.24, 2.45) is 0 Å². The van der Waals surface area contributed by atoms with Gasteiger partial charge in [0.15, 0.2) is 0 Å². The highest BCUT2D eigenvalue weighted by atomic mass is 16.1. The average Bonchev–Trinajstić information content (AvgIpc) is 2.82. The van der Waals surface area contributed by atoms with Crippen molar-refractivity contribution in [3.63, 3.8) is 0 Å². The number of aryl methyl sites for hydroxylation is 1. The number of carbonyl (C=O) groups excluding carboxylic acids is 1. The standard InChI is InChI=1S/C23H23N7O/c1-14(17-5-4-6-18-19(23(31)24-3)7-8-25-22(17)18)10-28-21-9-20(29-13-30-21)16-11-26-15(2)27-12-16/h4-9,11-14H,10H2,1-3H3,(H,24,31)(H,28,29,30)/t14-/m1/s1. The van der Waals surface area contributed by atoms with E-state index in [4.69, 9.17) is 0 Å². The number of benzene rings is 1. The Hall–Kier alpha value is -3.94. The molecule has 0 saturated heterocycles. The van der Waals surface area contributed by atoms with Gasteiger partial charge in [0.25, 0.3) is 5.91 Å². The average molecular weight is 413 g/mol. The van der Waals surface area contributed by atoms with E-state index in [1.807, 2.05) is 31.2 Å². The Labute approximate surface area is 180 Å². The second-order valence-electron chi connectivity index (χ2n) is 7.27. The van der Waals surface area contributed by atoms with Gasteiger partial charge in [-0.2, -0.15) is 0 Å². The van der Waals surface area contributed by atoms with Crippen LogP contribution in [0.4, 0.5) is 5.82 Å². The van der Waals surface area contributed by atoms with Crippen LogP contribution in [-0.2, 0) is 0 Å². The minimum absolute atomic E-state index is 0.121. The number of amides is 1. The molecule has 0 saturated carbocycles. The first-order chi connectivity index (χ1) is 15.1. The van der Waals surface area contributed by atoms with Crippen molar-refractivity contribution < 1.29 is 4.79 Å². The van der Waals surface area contributed by atoms with Crippen LogP contribution < -0.4 is 10.6 Å². The smallest absolute Gasteiger partial charge is 0.251 e. The lowest BCUT2D eigenvalue weighted by atomic mass is 9.96. The zero-order valence-corrected chi connectivity index (χ0v) is 17.6. The van der Waals surface area contributed by atoms with Crippen molar-refractivity contribution in [3.05, 3.63) is 72.2 Å². The van der Waals surface area contributed by atoms with E-state index in [-0.39, 0.29) is 11.8 Å². The molecule has 0 fully saturated rings. The summed E-state index contributed by atoms with van der Waals surface area (Å²) >= 11 is 0. The third-order valence-corrected chi connectivity index (χ3v) is 5.14. The zero-order chi connectivity index (χ0) is 21.8. The summed E-state index contributed by atoms with van der Waals surface area (Å²) in [6.07, 6.45) is 6.71. The topological polar surface area (TPSA) is 106 Å². The van der Waals surface area contributed by atoms with Gasteiger partial charge in [-0.05, 0) is 18.6 Å². The lowest BCUT2D eigenvalue weighted by Crippen LogP contribution is -2.18. The number of aromatic nitrogens is 5. The molecule has 0 bridgehead atoms. The number of hydrogen-bond acceptors (Lipinski definition) is 7. The molecular weight excluding hydrogens is 390 g/mol. The van der Waals surface area contributed by atoms with Crippen molar-refractivity contribution in [1.29, 1.82) is 0 Å². The molecule has 8 heteroatoms. The molecule has 31 heavy (non-hydrogen) atoms. The minimum Gasteiger partial charge on any atom is -0.369 e. The third kappa shape index (κ3) is 4.32. The number of rotatable bonds is 6.